The van der Waals surface area contributed by atoms with Gasteiger partial charge in [-0.3, -0.25) is 9.52 Å². The minimum Gasteiger partial charge on any atom is -0.348 e. The van der Waals surface area contributed by atoms with E-state index in [1.165, 1.54) is 24.3 Å². The molecule has 1 aliphatic carbocycles. The summed E-state index contributed by atoms with van der Waals surface area (Å²) in [6.45, 7) is 0.112. The number of rotatable bonds is 8. The molecule has 0 radical (unpaired) electrons. The van der Waals surface area contributed by atoms with Crippen molar-refractivity contribution in [2.75, 3.05) is 11.0 Å². The molecule has 2 aromatic carbocycles. The van der Waals surface area contributed by atoms with E-state index in [0.717, 1.165) is 19.1 Å². The van der Waals surface area contributed by atoms with Gasteiger partial charge in [-0.1, -0.05) is 18.2 Å². The lowest BCUT2D eigenvalue weighted by molar-refractivity contribution is 0.0951. The van der Waals surface area contributed by atoms with Gasteiger partial charge in [-0.15, -0.1) is 0 Å². The van der Waals surface area contributed by atoms with E-state index in [-0.39, 0.29) is 17.5 Å². The Morgan fingerprint density at radius 2 is 1.64 bits per heavy atom. The summed E-state index contributed by atoms with van der Waals surface area (Å²) < 4.78 is 52.2. The number of hydrogen-bond donors (Lipinski definition) is 3. The highest BCUT2D eigenvalue weighted by atomic mass is 32.2. The highest BCUT2D eigenvalue weighted by Gasteiger charge is 2.27. The second-order valence-corrected chi connectivity index (χ2v) is 10.1. The highest BCUT2D eigenvalue weighted by Crippen LogP contribution is 2.22. The second kappa shape index (κ2) is 7.90. The van der Waals surface area contributed by atoms with Crippen molar-refractivity contribution in [2.45, 2.75) is 30.3 Å². The summed E-state index contributed by atoms with van der Waals surface area (Å²) >= 11 is 0. The van der Waals surface area contributed by atoms with Crippen LogP contribution in [0.25, 0.3) is 0 Å². The van der Waals surface area contributed by atoms with E-state index in [2.05, 4.69) is 14.8 Å². The summed E-state index contributed by atoms with van der Waals surface area (Å²) in [6.07, 6.45) is 2.74. The van der Waals surface area contributed by atoms with E-state index in [1.807, 2.05) is 0 Å². The number of sulfonamides is 2. The molecule has 1 fully saturated rings. The minimum atomic E-state index is -3.56. The molecule has 1 amide bonds. The van der Waals surface area contributed by atoms with E-state index in [0.29, 0.717) is 16.8 Å². The predicted molar refractivity (Wildman–Crippen MR) is 106 cm³/mol. The molecule has 0 unspecified atom stereocenters. The van der Waals surface area contributed by atoms with Crippen molar-refractivity contribution in [1.82, 2.24) is 10.0 Å². The zero-order valence-electron chi connectivity index (χ0n) is 15.2. The molecule has 0 heterocycles. The van der Waals surface area contributed by atoms with Gasteiger partial charge in [0, 0.05) is 18.2 Å². The van der Waals surface area contributed by atoms with Crippen molar-refractivity contribution < 1.29 is 21.6 Å². The zero-order chi connectivity index (χ0) is 20.4. The van der Waals surface area contributed by atoms with Crippen LogP contribution in [0.15, 0.2) is 53.4 Å². The summed E-state index contributed by atoms with van der Waals surface area (Å²) in [5, 5.41) is 2.70. The van der Waals surface area contributed by atoms with Crippen LogP contribution >= 0.6 is 0 Å². The molecule has 1 saturated carbocycles. The molecule has 10 heteroatoms. The number of nitrogens with one attached hydrogen (secondary N) is 3. The molecule has 0 aliphatic heterocycles. The van der Waals surface area contributed by atoms with Gasteiger partial charge in [-0.25, -0.2) is 21.6 Å². The molecular formula is C18H21N3O5S2. The lowest BCUT2D eigenvalue weighted by atomic mass is 10.1. The zero-order valence-corrected chi connectivity index (χ0v) is 16.8. The maximum absolute atomic E-state index is 12.3. The molecule has 3 N–H and O–H groups in total. The Bertz CT molecular complexity index is 1080. The quantitative estimate of drug-likeness (QED) is 0.593. The van der Waals surface area contributed by atoms with E-state index >= 15 is 0 Å². The average Bonchev–Trinajstić information content (AvgIpc) is 3.43. The van der Waals surface area contributed by atoms with Crippen LogP contribution < -0.4 is 14.8 Å². The molecule has 0 bridgehead atoms. The predicted octanol–water partition coefficient (Wildman–Crippen LogP) is 1.43. The van der Waals surface area contributed by atoms with Gasteiger partial charge >= 0.3 is 0 Å². The highest BCUT2D eigenvalue weighted by molar-refractivity contribution is 7.92. The molecule has 1 aliphatic rings. The first-order valence-electron chi connectivity index (χ1n) is 8.60. The fourth-order valence-electron chi connectivity index (χ4n) is 2.53. The summed E-state index contributed by atoms with van der Waals surface area (Å²) in [7, 11) is -7.00. The molecular weight excluding hydrogens is 402 g/mol. The first kappa shape index (κ1) is 20.3. The van der Waals surface area contributed by atoms with Gasteiger partial charge in [0.15, 0.2) is 0 Å². The number of anilines is 1. The summed E-state index contributed by atoms with van der Waals surface area (Å²) in [5.74, 6) is -0.395. The van der Waals surface area contributed by atoms with Crippen LogP contribution in [0.5, 0.6) is 0 Å². The van der Waals surface area contributed by atoms with Gasteiger partial charge in [0.05, 0.1) is 16.8 Å². The Hall–Kier alpha value is -2.43. The SMILES string of the molecule is CS(=O)(=O)Nc1ccccc1CNC(=O)c1ccc(S(=O)(=O)NC2CC2)cc1. The monoisotopic (exact) mass is 423 g/mol. The molecule has 0 spiro atoms. The molecule has 150 valence electrons. The van der Waals surface area contributed by atoms with Crippen LogP contribution in [0.1, 0.15) is 28.8 Å². The Morgan fingerprint density at radius 3 is 2.25 bits per heavy atom. The fourth-order valence-corrected chi connectivity index (χ4v) is 4.43. The van der Waals surface area contributed by atoms with Gasteiger partial charge in [-0.2, -0.15) is 0 Å². The Kier molecular flexibility index (Phi) is 5.73. The van der Waals surface area contributed by atoms with Crippen molar-refractivity contribution in [1.29, 1.82) is 0 Å². The molecule has 0 saturated heterocycles. The smallest absolute Gasteiger partial charge is 0.251 e. The number of carbonyl (C=O) groups excluding carboxylic acids is 1. The summed E-state index contributed by atoms with van der Waals surface area (Å²) in [6, 6.07) is 12.4. The minimum absolute atomic E-state index is 0.00795. The molecule has 28 heavy (non-hydrogen) atoms. The van der Waals surface area contributed by atoms with Crippen LogP contribution in [0.4, 0.5) is 5.69 Å². The summed E-state index contributed by atoms with van der Waals surface area (Å²) in [5.41, 5.74) is 1.30. The third-order valence-electron chi connectivity index (χ3n) is 4.08. The fraction of sp³-hybridized carbons (Fsp3) is 0.278. The van der Waals surface area contributed by atoms with Crippen LogP contribution in [-0.4, -0.2) is 35.0 Å². The van der Waals surface area contributed by atoms with Gasteiger partial charge in [0.1, 0.15) is 0 Å². The number of amides is 1. The average molecular weight is 424 g/mol. The third-order valence-corrected chi connectivity index (χ3v) is 6.21. The van der Waals surface area contributed by atoms with Crippen molar-refractivity contribution in [3.05, 3.63) is 59.7 Å². The van der Waals surface area contributed by atoms with Gasteiger partial charge in [0.2, 0.25) is 20.0 Å². The standard InChI is InChI=1S/C18H21N3O5S2/c1-27(23,24)21-17-5-3-2-4-14(17)12-19-18(22)13-6-10-16(11-7-13)28(25,26)20-15-8-9-15/h2-7,10-11,15,20-21H,8-9,12H2,1H3,(H,19,22). The van der Waals surface area contributed by atoms with Gasteiger partial charge in [-0.05, 0) is 48.7 Å². The number of benzene rings is 2. The van der Waals surface area contributed by atoms with Crippen LogP contribution in [0.3, 0.4) is 0 Å². The molecule has 0 atom stereocenters. The van der Waals surface area contributed by atoms with Crippen LogP contribution in [0.2, 0.25) is 0 Å². The maximum atomic E-state index is 12.3. The van der Waals surface area contributed by atoms with Crippen LogP contribution in [-0.2, 0) is 26.6 Å². The number of carbonyl (C=O) groups is 1. The Labute approximate surface area is 164 Å². The van der Waals surface area contributed by atoms with Gasteiger partial charge < -0.3 is 5.32 Å². The lowest BCUT2D eigenvalue weighted by Gasteiger charge is -2.12. The lowest BCUT2D eigenvalue weighted by Crippen LogP contribution is -2.26. The normalized spacial score (nSPS) is 14.5. The molecule has 2 aromatic rings. The topological polar surface area (TPSA) is 121 Å². The van der Waals surface area contributed by atoms with E-state index < -0.39 is 26.0 Å². The molecule has 0 aromatic heterocycles. The number of hydrogen-bond acceptors (Lipinski definition) is 5. The van der Waals surface area contributed by atoms with E-state index in [4.69, 9.17) is 0 Å². The first-order chi connectivity index (χ1) is 13.1. The van der Waals surface area contributed by atoms with E-state index in [1.54, 1.807) is 24.3 Å². The second-order valence-electron chi connectivity index (χ2n) is 6.63. The van der Waals surface area contributed by atoms with Crippen LogP contribution in [0, 0.1) is 0 Å². The molecule has 8 nitrogen and oxygen atoms in total. The third kappa shape index (κ3) is 5.54. The van der Waals surface area contributed by atoms with Crippen molar-refractivity contribution in [3.8, 4) is 0 Å². The van der Waals surface area contributed by atoms with E-state index in [9.17, 15) is 21.6 Å². The van der Waals surface area contributed by atoms with Crippen molar-refractivity contribution >= 4 is 31.6 Å². The Balaban J connectivity index is 1.66. The first-order valence-corrected chi connectivity index (χ1v) is 12.0. The maximum Gasteiger partial charge on any atom is 0.251 e. The Morgan fingerprint density at radius 1 is 1.00 bits per heavy atom. The number of para-hydroxylation sites is 1. The largest absolute Gasteiger partial charge is 0.348 e. The summed E-state index contributed by atoms with van der Waals surface area (Å²) in [4.78, 5) is 12.5. The molecule has 3 rings (SSSR count). The van der Waals surface area contributed by atoms with Gasteiger partial charge in [0.25, 0.3) is 5.91 Å². The van der Waals surface area contributed by atoms with Crippen molar-refractivity contribution in [2.24, 2.45) is 0 Å². The van der Waals surface area contributed by atoms with Crippen molar-refractivity contribution in [3.63, 3.8) is 0 Å².